The summed E-state index contributed by atoms with van der Waals surface area (Å²) in [7, 11) is 0. The molecule has 1 aromatic carbocycles. The molecule has 0 radical (unpaired) electrons. The number of hydrogen-bond acceptors (Lipinski definition) is 6. The number of carbonyl (C=O) groups excluding carboxylic acids is 2. The van der Waals surface area contributed by atoms with Crippen LogP contribution in [0.25, 0.3) is 0 Å². The van der Waals surface area contributed by atoms with Crippen LogP contribution < -0.4 is 20.3 Å². The van der Waals surface area contributed by atoms with Gasteiger partial charge in [-0.3, -0.25) is 9.59 Å². The highest BCUT2D eigenvalue weighted by atomic mass is 16.5. The Labute approximate surface area is 231 Å². The van der Waals surface area contributed by atoms with Gasteiger partial charge in [-0.25, -0.2) is 4.98 Å². The van der Waals surface area contributed by atoms with Gasteiger partial charge in [0.1, 0.15) is 11.6 Å². The number of ether oxygens (including phenoxy) is 1. The van der Waals surface area contributed by atoms with Crippen LogP contribution >= 0.6 is 0 Å². The van der Waals surface area contributed by atoms with Crippen molar-refractivity contribution in [1.29, 1.82) is 0 Å². The summed E-state index contributed by atoms with van der Waals surface area (Å²) in [6, 6.07) is 9.49. The zero-order valence-corrected chi connectivity index (χ0v) is 23.4. The third kappa shape index (κ3) is 5.23. The van der Waals surface area contributed by atoms with Gasteiger partial charge in [0.25, 0.3) is 11.8 Å². The van der Waals surface area contributed by atoms with Gasteiger partial charge in [-0.1, -0.05) is 6.07 Å². The number of likely N-dealkylation sites (tertiary alicyclic amines) is 1. The third-order valence-electron chi connectivity index (χ3n) is 9.29. The molecule has 1 aromatic heterocycles. The first-order chi connectivity index (χ1) is 18.9. The minimum Gasteiger partial charge on any atom is -0.493 e. The van der Waals surface area contributed by atoms with Crippen LogP contribution in [0.15, 0.2) is 30.5 Å². The predicted octanol–water partition coefficient (Wildman–Crippen LogP) is 3.86. The number of pyridine rings is 1. The lowest BCUT2D eigenvalue weighted by Gasteiger charge is -2.40. The maximum Gasteiger partial charge on any atom is 0.253 e. The van der Waals surface area contributed by atoms with E-state index in [0.29, 0.717) is 35.9 Å². The molecule has 4 aliphatic heterocycles. The zero-order valence-electron chi connectivity index (χ0n) is 23.4. The lowest BCUT2D eigenvalue weighted by molar-refractivity contribution is 0.0898. The topological polar surface area (TPSA) is 86.8 Å². The van der Waals surface area contributed by atoms with Crippen molar-refractivity contribution in [2.75, 3.05) is 24.6 Å². The van der Waals surface area contributed by atoms with E-state index in [2.05, 4.69) is 34.3 Å². The molecule has 6 rings (SSSR count). The molecule has 8 nitrogen and oxygen atoms in total. The van der Waals surface area contributed by atoms with E-state index in [4.69, 9.17) is 9.72 Å². The van der Waals surface area contributed by atoms with Crippen LogP contribution in [-0.4, -0.2) is 71.6 Å². The second-order valence-corrected chi connectivity index (χ2v) is 12.0. The lowest BCUT2D eigenvalue weighted by atomic mass is 9.96. The molecule has 0 aliphatic carbocycles. The molecule has 2 N–H and O–H groups in total. The van der Waals surface area contributed by atoms with Gasteiger partial charge < -0.3 is 25.2 Å². The second kappa shape index (κ2) is 10.8. The summed E-state index contributed by atoms with van der Waals surface area (Å²) in [5, 5.41) is 6.53. The number of nitrogens with zero attached hydrogens (tertiary/aromatic N) is 3. The molecule has 2 aromatic rings. The van der Waals surface area contributed by atoms with Crippen LogP contribution in [0.1, 0.15) is 84.2 Å². The number of hydrogen-bond donors (Lipinski definition) is 2. The van der Waals surface area contributed by atoms with Crippen LogP contribution in [0.5, 0.6) is 5.75 Å². The summed E-state index contributed by atoms with van der Waals surface area (Å²) in [5.41, 5.74) is 3.47. The molecule has 8 heteroatoms. The van der Waals surface area contributed by atoms with Gasteiger partial charge in [0, 0.05) is 67.0 Å². The van der Waals surface area contributed by atoms with Crippen LogP contribution in [-0.2, 0) is 6.42 Å². The molecular weight excluding hydrogens is 490 g/mol. The van der Waals surface area contributed by atoms with Crippen molar-refractivity contribution in [1.82, 2.24) is 20.5 Å². The number of fused-ring (bicyclic) bond motifs is 3. The van der Waals surface area contributed by atoms with Crippen LogP contribution in [0.4, 0.5) is 5.82 Å². The van der Waals surface area contributed by atoms with Gasteiger partial charge in [-0.05, 0) is 83.1 Å². The van der Waals surface area contributed by atoms with Gasteiger partial charge in [0.05, 0.1) is 12.2 Å². The summed E-state index contributed by atoms with van der Waals surface area (Å²) >= 11 is 0. The maximum atomic E-state index is 13.2. The number of carbonyl (C=O) groups is 2. The number of nitrogens with one attached hydrogen (secondary N) is 2. The highest BCUT2D eigenvalue weighted by Crippen LogP contribution is 2.39. The molecule has 5 heterocycles. The summed E-state index contributed by atoms with van der Waals surface area (Å²) in [6.45, 7) is 9.18. The van der Waals surface area contributed by atoms with E-state index in [0.717, 1.165) is 75.2 Å². The molecule has 2 bridgehead atoms. The first kappa shape index (κ1) is 26.1. The number of piperidine rings is 2. The lowest BCUT2D eigenvalue weighted by Crippen LogP contribution is -2.51. The van der Waals surface area contributed by atoms with E-state index in [-0.39, 0.29) is 23.9 Å². The number of anilines is 1. The van der Waals surface area contributed by atoms with Crippen molar-refractivity contribution in [3.63, 3.8) is 0 Å². The molecule has 3 atom stereocenters. The molecular formula is C31H41N5O3. The number of amides is 2. The van der Waals surface area contributed by atoms with Gasteiger partial charge in [-0.2, -0.15) is 0 Å². The second-order valence-electron chi connectivity index (χ2n) is 12.0. The first-order valence-electron chi connectivity index (χ1n) is 14.7. The van der Waals surface area contributed by atoms with Gasteiger partial charge in [-0.15, -0.1) is 0 Å². The van der Waals surface area contributed by atoms with Gasteiger partial charge in [0.15, 0.2) is 0 Å². The Kier molecular flexibility index (Phi) is 7.23. The third-order valence-corrected chi connectivity index (χ3v) is 9.29. The predicted molar refractivity (Wildman–Crippen MR) is 152 cm³/mol. The normalized spacial score (nSPS) is 24.9. The average Bonchev–Trinajstić information content (AvgIpc) is 3.52. The maximum absolute atomic E-state index is 13.2. The molecule has 3 fully saturated rings. The SMILES string of the molecule is Cc1c(C(=O)NC2C[C@H]3CC[C@@H](C2)N3c2ccc(C(=O)NC3CCN(C(C)C)CC3)cn2)ccc2c1OCC2. The molecule has 3 saturated heterocycles. The Morgan fingerprint density at radius 3 is 2.33 bits per heavy atom. The van der Waals surface area contributed by atoms with Crippen molar-refractivity contribution in [3.05, 3.63) is 52.7 Å². The molecule has 39 heavy (non-hydrogen) atoms. The molecule has 0 saturated carbocycles. The zero-order chi connectivity index (χ0) is 27.1. The largest absolute Gasteiger partial charge is 0.493 e. The summed E-state index contributed by atoms with van der Waals surface area (Å²) in [4.78, 5) is 35.7. The van der Waals surface area contributed by atoms with Crippen molar-refractivity contribution in [2.24, 2.45) is 0 Å². The number of rotatable bonds is 6. The van der Waals surface area contributed by atoms with Crippen LogP contribution in [0, 0.1) is 6.92 Å². The highest BCUT2D eigenvalue weighted by molar-refractivity contribution is 5.97. The smallest absolute Gasteiger partial charge is 0.253 e. The monoisotopic (exact) mass is 531 g/mol. The van der Waals surface area contributed by atoms with Crippen molar-refractivity contribution in [3.8, 4) is 5.75 Å². The Morgan fingerprint density at radius 2 is 1.67 bits per heavy atom. The van der Waals surface area contributed by atoms with Gasteiger partial charge >= 0.3 is 0 Å². The minimum atomic E-state index is -0.0336. The first-order valence-corrected chi connectivity index (χ1v) is 14.7. The Hall–Kier alpha value is -3.13. The van der Waals surface area contributed by atoms with Crippen molar-refractivity contribution in [2.45, 2.75) is 95.9 Å². The van der Waals surface area contributed by atoms with E-state index in [1.54, 1.807) is 6.20 Å². The average molecular weight is 532 g/mol. The van der Waals surface area contributed by atoms with Crippen LogP contribution in [0.3, 0.4) is 0 Å². The van der Waals surface area contributed by atoms with E-state index < -0.39 is 0 Å². The fraction of sp³-hybridized carbons (Fsp3) is 0.581. The standard InChI is InChI=1S/C31H41N5O3/c1-19(2)35-13-10-23(11-14-35)33-30(37)22-5-9-28(32-18-22)36-25-6-7-26(36)17-24(16-25)34-31(38)27-8-4-21-12-15-39-29(21)20(27)3/h4-5,8-9,18-19,23-26H,6-7,10-17H2,1-3H3,(H,33,37)(H,34,38)/t24?,25-,26+. The van der Waals surface area contributed by atoms with Crippen molar-refractivity contribution >= 4 is 17.6 Å². The molecule has 1 unspecified atom stereocenters. The minimum absolute atomic E-state index is 0.00739. The Bertz CT molecular complexity index is 1210. The molecule has 208 valence electrons. The Morgan fingerprint density at radius 1 is 0.949 bits per heavy atom. The molecule has 4 aliphatic rings. The van der Waals surface area contributed by atoms with Crippen LogP contribution in [0.2, 0.25) is 0 Å². The number of benzene rings is 1. The highest BCUT2D eigenvalue weighted by Gasteiger charge is 2.42. The Balaban J connectivity index is 1.05. The quantitative estimate of drug-likeness (QED) is 0.589. The summed E-state index contributed by atoms with van der Waals surface area (Å²) in [6.07, 6.45) is 8.62. The fourth-order valence-electron chi connectivity index (χ4n) is 7.09. The molecule has 2 amide bonds. The van der Waals surface area contributed by atoms with E-state index >= 15 is 0 Å². The van der Waals surface area contributed by atoms with E-state index in [9.17, 15) is 9.59 Å². The fourth-order valence-corrected chi connectivity index (χ4v) is 7.09. The molecule has 0 spiro atoms. The van der Waals surface area contributed by atoms with Gasteiger partial charge in [0.2, 0.25) is 0 Å². The van der Waals surface area contributed by atoms with E-state index in [1.807, 2.05) is 31.2 Å². The van der Waals surface area contributed by atoms with Crippen molar-refractivity contribution < 1.29 is 14.3 Å². The summed E-state index contributed by atoms with van der Waals surface area (Å²) < 4.78 is 5.77. The summed E-state index contributed by atoms with van der Waals surface area (Å²) in [5.74, 6) is 1.78. The van der Waals surface area contributed by atoms with E-state index in [1.165, 1.54) is 5.56 Å². The number of aromatic nitrogens is 1.